The molecule has 4 nitrogen and oxygen atoms in total. The first-order valence-corrected chi connectivity index (χ1v) is 7.94. The molecule has 0 saturated carbocycles. The third kappa shape index (κ3) is 5.47. The van der Waals surface area contributed by atoms with Crippen molar-refractivity contribution in [3.8, 4) is 5.75 Å². The number of hydrogen-bond donors (Lipinski definition) is 1. The lowest BCUT2D eigenvalue weighted by atomic mass is 10.3. The van der Waals surface area contributed by atoms with E-state index in [1.165, 1.54) is 12.1 Å². The molecule has 1 aromatic rings. The van der Waals surface area contributed by atoms with E-state index in [0.29, 0.717) is 4.47 Å². The van der Waals surface area contributed by atoms with Crippen LogP contribution < -0.4 is 9.88 Å². The van der Waals surface area contributed by atoms with Gasteiger partial charge in [-0.25, -0.2) is 13.6 Å². The number of hydrogen-bond acceptors (Lipinski definition) is 3. The summed E-state index contributed by atoms with van der Waals surface area (Å²) in [6.45, 7) is -0.330. The molecule has 0 unspecified atom stereocenters. The van der Waals surface area contributed by atoms with Gasteiger partial charge in [-0.1, -0.05) is 27.5 Å². The monoisotopic (exact) mass is 395 g/mol. The van der Waals surface area contributed by atoms with E-state index in [2.05, 4.69) is 15.9 Å². The second kappa shape index (κ2) is 6.50. The Labute approximate surface area is 127 Å². The summed E-state index contributed by atoms with van der Waals surface area (Å²) >= 11 is 8.85. The van der Waals surface area contributed by atoms with E-state index < -0.39 is 22.6 Å². The Hall–Kier alpha value is -0.510. The molecule has 0 fully saturated rings. The summed E-state index contributed by atoms with van der Waals surface area (Å²) in [5.74, 6) is -0.250. The van der Waals surface area contributed by atoms with Crippen LogP contribution in [0.25, 0.3) is 0 Å². The number of rotatable bonds is 5. The van der Waals surface area contributed by atoms with Crippen molar-refractivity contribution in [2.75, 3.05) is 6.61 Å². The molecule has 1 aromatic carbocycles. The predicted molar refractivity (Wildman–Crippen MR) is 71.3 cm³/mol. The number of sulfonamides is 1. The molecule has 0 aliphatic heterocycles. The highest BCUT2D eigenvalue weighted by Crippen LogP contribution is 2.35. The van der Waals surface area contributed by atoms with Gasteiger partial charge in [0.15, 0.2) is 5.75 Å². The first-order valence-electron chi connectivity index (χ1n) is 5.22. The lowest BCUT2D eigenvalue weighted by Gasteiger charge is -2.13. The Bertz CT molecular complexity index is 592. The standard InChI is InChI=1S/C10H10BrClF3NO3S/c11-6-4-7(12)9(8(5-6)20(16,17)18)19-3-1-2-10(13,14)15/h4-5H,1-3H2,(H2,16,17,18). The molecule has 0 spiro atoms. The van der Waals surface area contributed by atoms with Crippen LogP contribution in [0.15, 0.2) is 21.5 Å². The average Bonchev–Trinajstić information content (AvgIpc) is 2.23. The van der Waals surface area contributed by atoms with Crippen molar-refractivity contribution in [2.45, 2.75) is 23.9 Å². The van der Waals surface area contributed by atoms with Crippen LogP contribution in [0.3, 0.4) is 0 Å². The maximum Gasteiger partial charge on any atom is 0.389 e. The molecular weight excluding hydrogens is 387 g/mol. The van der Waals surface area contributed by atoms with E-state index in [0.717, 1.165) is 0 Å². The van der Waals surface area contributed by atoms with Crippen LogP contribution in [0.5, 0.6) is 5.75 Å². The van der Waals surface area contributed by atoms with Gasteiger partial charge in [-0.3, -0.25) is 0 Å². The molecule has 0 aromatic heterocycles. The Morgan fingerprint density at radius 1 is 1.35 bits per heavy atom. The molecule has 0 aliphatic rings. The zero-order valence-electron chi connectivity index (χ0n) is 9.88. The third-order valence-electron chi connectivity index (χ3n) is 2.13. The maximum atomic E-state index is 12.0. The largest absolute Gasteiger partial charge is 0.491 e. The van der Waals surface area contributed by atoms with E-state index in [4.69, 9.17) is 21.5 Å². The summed E-state index contributed by atoms with van der Waals surface area (Å²) in [7, 11) is -4.11. The summed E-state index contributed by atoms with van der Waals surface area (Å²) in [6.07, 6.45) is -5.65. The highest BCUT2D eigenvalue weighted by Gasteiger charge is 2.26. The fourth-order valence-electron chi connectivity index (χ4n) is 1.34. The van der Waals surface area contributed by atoms with Gasteiger partial charge < -0.3 is 4.74 Å². The molecule has 1 rings (SSSR count). The molecule has 0 heterocycles. The zero-order chi connectivity index (χ0) is 15.6. The first kappa shape index (κ1) is 17.5. The first-order chi connectivity index (χ1) is 9.00. The Morgan fingerprint density at radius 3 is 2.45 bits per heavy atom. The van der Waals surface area contributed by atoms with Crippen LogP contribution in [-0.2, 0) is 10.0 Å². The smallest absolute Gasteiger partial charge is 0.389 e. The van der Waals surface area contributed by atoms with E-state index in [9.17, 15) is 21.6 Å². The third-order valence-corrected chi connectivity index (χ3v) is 3.79. The van der Waals surface area contributed by atoms with Crippen LogP contribution in [0, 0.1) is 0 Å². The van der Waals surface area contributed by atoms with Crippen molar-refractivity contribution < 1.29 is 26.3 Å². The highest BCUT2D eigenvalue weighted by atomic mass is 79.9. The minimum Gasteiger partial charge on any atom is -0.491 e. The van der Waals surface area contributed by atoms with E-state index >= 15 is 0 Å². The van der Waals surface area contributed by atoms with Gasteiger partial charge in [0.05, 0.1) is 11.6 Å². The number of alkyl halides is 3. The fraction of sp³-hybridized carbons (Fsp3) is 0.400. The second-order valence-corrected chi connectivity index (χ2v) is 6.68. The Morgan fingerprint density at radius 2 is 1.95 bits per heavy atom. The molecule has 0 aliphatic carbocycles. The second-order valence-electron chi connectivity index (χ2n) is 3.83. The zero-order valence-corrected chi connectivity index (χ0v) is 13.0. The van der Waals surface area contributed by atoms with Gasteiger partial charge in [0.1, 0.15) is 4.90 Å². The SMILES string of the molecule is NS(=O)(=O)c1cc(Br)cc(Cl)c1OCCCC(F)(F)F. The van der Waals surface area contributed by atoms with Crippen molar-refractivity contribution in [1.82, 2.24) is 0 Å². The summed E-state index contributed by atoms with van der Waals surface area (Å²) in [5, 5.41) is 4.94. The molecular formula is C10H10BrClF3NO3S. The van der Waals surface area contributed by atoms with Gasteiger partial charge in [-0.2, -0.15) is 13.2 Å². The summed E-state index contributed by atoms with van der Waals surface area (Å²) in [5.41, 5.74) is 0. The van der Waals surface area contributed by atoms with Crippen molar-refractivity contribution in [2.24, 2.45) is 5.14 Å². The normalized spacial score (nSPS) is 12.5. The van der Waals surface area contributed by atoms with Gasteiger partial charge in [0.2, 0.25) is 10.0 Å². The molecule has 0 saturated heterocycles. The van der Waals surface area contributed by atoms with Crippen LogP contribution in [0.2, 0.25) is 5.02 Å². The number of primary sulfonamides is 1. The van der Waals surface area contributed by atoms with E-state index in [-0.39, 0.29) is 28.7 Å². The van der Waals surface area contributed by atoms with E-state index in [1.54, 1.807) is 0 Å². The molecule has 10 heteroatoms. The fourth-order valence-corrected chi connectivity index (χ4v) is 3.12. The molecule has 20 heavy (non-hydrogen) atoms. The van der Waals surface area contributed by atoms with Gasteiger partial charge in [0, 0.05) is 10.9 Å². The van der Waals surface area contributed by atoms with Crippen molar-refractivity contribution in [1.29, 1.82) is 0 Å². The topological polar surface area (TPSA) is 69.4 Å². The molecule has 114 valence electrons. The van der Waals surface area contributed by atoms with Crippen LogP contribution in [0.1, 0.15) is 12.8 Å². The van der Waals surface area contributed by atoms with Crippen LogP contribution in [-0.4, -0.2) is 21.2 Å². The summed E-state index contributed by atoms with van der Waals surface area (Å²) < 4.78 is 64.1. The minimum atomic E-state index is -4.30. The molecule has 0 atom stereocenters. The number of ether oxygens (including phenoxy) is 1. The minimum absolute atomic E-state index is 0.0598. The van der Waals surface area contributed by atoms with Crippen molar-refractivity contribution >= 4 is 37.6 Å². The Balaban J connectivity index is 2.90. The van der Waals surface area contributed by atoms with Gasteiger partial charge in [-0.15, -0.1) is 0 Å². The highest BCUT2D eigenvalue weighted by molar-refractivity contribution is 9.10. The molecule has 0 bridgehead atoms. The summed E-state index contributed by atoms with van der Waals surface area (Å²) in [6, 6.07) is 2.52. The average molecular weight is 397 g/mol. The molecule has 0 amide bonds. The predicted octanol–water partition coefficient (Wildman–Crippen LogP) is 3.47. The number of halogens is 5. The lowest BCUT2D eigenvalue weighted by molar-refractivity contribution is -0.136. The van der Waals surface area contributed by atoms with Gasteiger partial charge >= 0.3 is 6.18 Å². The van der Waals surface area contributed by atoms with Gasteiger partial charge in [0.25, 0.3) is 0 Å². The van der Waals surface area contributed by atoms with Crippen LogP contribution in [0.4, 0.5) is 13.2 Å². The Kier molecular flexibility index (Phi) is 5.70. The lowest BCUT2D eigenvalue weighted by Crippen LogP contribution is -2.15. The van der Waals surface area contributed by atoms with Gasteiger partial charge in [-0.05, 0) is 18.6 Å². The quantitative estimate of drug-likeness (QED) is 0.775. The summed E-state index contributed by atoms with van der Waals surface area (Å²) in [4.78, 5) is -0.385. The van der Waals surface area contributed by atoms with E-state index in [1.807, 2.05) is 0 Å². The van der Waals surface area contributed by atoms with Crippen molar-refractivity contribution in [3.05, 3.63) is 21.6 Å². The number of nitrogens with two attached hydrogens (primary N) is 1. The molecule has 0 radical (unpaired) electrons. The molecule has 2 N–H and O–H groups in total. The number of benzene rings is 1. The van der Waals surface area contributed by atoms with Crippen LogP contribution >= 0.6 is 27.5 Å². The maximum absolute atomic E-state index is 12.0. The van der Waals surface area contributed by atoms with Crippen molar-refractivity contribution in [3.63, 3.8) is 0 Å².